The summed E-state index contributed by atoms with van der Waals surface area (Å²) in [5, 5.41) is 9.33. The van der Waals surface area contributed by atoms with E-state index in [1.165, 1.54) is 9.21 Å². The number of carbonyl (C=O) groups excluding carboxylic acids is 1. The Balaban J connectivity index is 2.96. The Kier molecular flexibility index (Phi) is 1.90. The molecule has 1 amide bonds. The maximum absolute atomic E-state index is 11.3. The number of likely N-dealkylation sites (N-methyl/N-ethyl adjacent to an activating group) is 1. The van der Waals surface area contributed by atoms with Crippen LogP contribution in [0.4, 0.5) is 0 Å². The van der Waals surface area contributed by atoms with Crippen molar-refractivity contribution in [1.29, 1.82) is 0 Å². The Morgan fingerprint density at radius 2 is 2.09 bits per heavy atom. The van der Waals surface area contributed by atoms with Crippen molar-refractivity contribution in [3.8, 4) is 0 Å². The molecular formula is C6H12N2O2S. The van der Waals surface area contributed by atoms with Crippen LogP contribution in [-0.4, -0.2) is 39.2 Å². The first-order chi connectivity index (χ1) is 4.89. The van der Waals surface area contributed by atoms with Crippen LogP contribution in [0.15, 0.2) is 0 Å². The summed E-state index contributed by atoms with van der Waals surface area (Å²) < 4.78 is 1.33. The number of aliphatic hydroxyl groups excluding tert-OH is 1. The Morgan fingerprint density at radius 1 is 1.64 bits per heavy atom. The second-order valence-electron chi connectivity index (χ2n) is 3.17. The highest BCUT2D eigenvalue weighted by molar-refractivity contribution is 7.77. The molecule has 0 bridgehead atoms. The predicted molar refractivity (Wildman–Crippen MR) is 43.7 cm³/mol. The Labute approximate surface area is 71.3 Å². The number of aliphatic hydroxyl groups is 1. The van der Waals surface area contributed by atoms with Gasteiger partial charge in [0.2, 0.25) is 5.91 Å². The molecule has 5 heteroatoms. The smallest absolute Gasteiger partial charge is 0.246 e. The average molecular weight is 176 g/mol. The summed E-state index contributed by atoms with van der Waals surface area (Å²) in [6, 6.07) is 0. The van der Waals surface area contributed by atoms with E-state index < -0.39 is 11.9 Å². The molecular weight excluding hydrogens is 164 g/mol. The monoisotopic (exact) mass is 176 g/mol. The van der Waals surface area contributed by atoms with Gasteiger partial charge in [-0.3, -0.25) is 4.79 Å². The number of hydrogen-bond donors (Lipinski definition) is 2. The lowest BCUT2D eigenvalue weighted by Gasteiger charge is -2.23. The first kappa shape index (κ1) is 8.83. The molecule has 0 aromatic heterocycles. The molecule has 0 saturated carbocycles. The molecule has 1 fully saturated rings. The SMILES string of the molecule is CN1C(=O)C(C)(C)N(S)C1O. The summed E-state index contributed by atoms with van der Waals surface area (Å²) in [5.41, 5.74) is -0.711. The molecule has 0 aromatic carbocycles. The Bertz CT molecular complexity index is 195. The van der Waals surface area contributed by atoms with Gasteiger partial charge in [-0.2, -0.15) is 4.31 Å². The van der Waals surface area contributed by atoms with Crippen molar-refractivity contribution in [1.82, 2.24) is 9.21 Å². The van der Waals surface area contributed by atoms with Crippen molar-refractivity contribution in [3.05, 3.63) is 0 Å². The normalized spacial score (nSPS) is 31.5. The Morgan fingerprint density at radius 3 is 2.18 bits per heavy atom. The van der Waals surface area contributed by atoms with E-state index in [-0.39, 0.29) is 5.91 Å². The van der Waals surface area contributed by atoms with Gasteiger partial charge in [-0.1, -0.05) is 12.8 Å². The van der Waals surface area contributed by atoms with Crippen LogP contribution in [0, 0.1) is 0 Å². The van der Waals surface area contributed by atoms with Crippen LogP contribution < -0.4 is 0 Å². The van der Waals surface area contributed by atoms with Crippen LogP contribution >= 0.6 is 12.8 Å². The maximum Gasteiger partial charge on any atom is 0.246 e. The molecule has 1 aliphatic heterocycles. The van der Waals surface area contributed by atoms with E-state index in [0.717, 1.165) is 0 Å². The molecule has 1 heterocycles. The van der Waals surface area contributed by atoms with E-state index in [4.69, 9.17) is 0 Å². The van der Waals surface area contributed by atoms with Gasteiger partial charge >= 0.3 is 0 Å². The fourth-order valence-electron chi connectivity index (χ4n) is 1.09. The van der Waals surface area contributed by atoms with Gasteiger partial charge in [-0.15, -0.1) is 0 Å². The van der Waals surface area contributed by atoms with E-state index in [2.05, 4.69) is 12.8 Å². The lowest BCUT2D eigenvalue weighted by Crippen LogP contribution is -2.39. The van der Waals surface area contributed by atoms with Gasteiger partial charge in [0.25, 0.3) is 0 Å². The zero-order valence-electron chi connectivity index (χ0n) is 6.77. The lowest BCUT2D eigenvalue weighted by atomic mass is 10.1. The average Bonchev–Trinajstić information content (AvgIpc) is 2.06. The van der Waals surface area contributed by atoms with Crippen molar-refractivity contribution in [2.45, 2.75) is 25.7 Å². The molecule has 1 N–H and O–H groups in total. The predicted octanol–water partition coefficient (Wildman–Crippen LogP) is -0.340. The van der Waals surface area contributed by atoms with Crippen molar-refractivity contribution >= 4 is 18.7 Å². The largest absolute Gasteiger partial charge is 0.360 e. The highest BCUT2D eigenvalue weighted by Gasteiger charge is 2.48. The number of rotatable bonds is 0. The molecule has 0 spiro atoms. The standard InChI is InChI=1S/C6H12N2O2S/c1-6(2)4(9)7(3)5(10)8(6)11/h5,10-11H,1-3H3. The van der Waals surface area contributed by atoms with Gasteiger partial charge in [0, 0.05) is 7.05 Å². The molecule has 1 rings (SSSR count). The first-order valence-corrected chi connectivity index (χ1v) is 3.72. The highest BCUT2D eigenvalue weighted by Crippen LogP contribution is 2.29. The molecule has 1 atom stereocenters. The minimum atomic E-state index is -0.916. The topological polar surface area (TPSA) is 43.8 Å². The molecule has 64 valence electrons. The number of amides is 1. The molecule has 1 unspecified atom stereocenters. The zero-order chi connectivity index (χ0) is 8.81. The van der Waals surface area contributed by atoms with Crippen molar-refractivity contribution < 1.29 is 9.90 Å². The lowest BCUT2D eigenvalue weighted by molar-refractivity contribution is -0.133. The van der Waals surface area contributed by atoms with Gasteiger partial charge in [-0.05, 0) is 13.8 Å². The number of carbonyl (C=O) groups is 1. The molecule has 0 aliphatic carbocycles. The highest BCUT2D eigenvalue weighted by atomic mass is 32.1. The molecule has 0 radical (unpaired) electrons. The van der Waals surface area contributed by atoms with E-state index in [1.807, 2.05) is 0 Å². The van der Waals surface area contributed by atoms with Crippen LogP contribution in [0.5, 0.6) is 0 Å². The van der Waals surface area contributed by atoms with Crippen LogP contribution in [-0.2, 0) is 4.79 Å². The molecule has 1 aliphatic rings. The third-order valence-corrected chi connectivity index (χ3v) is 2.69. The zero-order valence-corrected chi connectivity index (χ0v) is 7.67. The number of thiol groups is 1. The third kappa shape index (κ3) is 1.04. The van der Waals surface area contributed by atoms with Gasteiger partial charge in [0.05, 0.1) is 0 Å². The minimum absolute atomic E-state index is 0.125. The van der Waals surface area contributed by atoms with E-state index >= 15 is 0 Å². The molecule has 4 nitrogen and oxygen atoms in total. The van der Waals surface area contributed by atoms with Gasteiger partial charge in [0.1, 0.15) is 5.54 Å². The summed E-state index contributed by atoms with van der Waals surface area (Å²) in [6.07, 6.45) is -0.916. The van der Waals surface area contributed by atoms with E-state index in [0.29, 0.717) is 0 Å². The van der Waals surface area contributed by atoms with Gasteiger partial charge < -0.3 is 10.0 Å². The maximum atomic E-state index is 11.3. The minimum Gasteiger partial charge on any atom is -0.360 e. The van der Waals surface area contributed by atoms with E-state index in [9.17, 15) is 9.90 Å². The summed E-state index contributed by atoms with van der Waals surface area (Å²) >= 11 is 4.01. The van der Waals surface area contributed by atoms with Crippen LogP contribution in [0.1, 0.15) is 13.8 Å². The van der Waals surface area contributed by atoms with Gasteiger partial charge in [-0.25, -0.2) is 0 Å². The first-order valence-electron chi connectivity index (χ1n) is 3.32. The number of nitrogens with zero attached hydrogens (tertiary/aromatic N) is 2. The summed E-state index contributed by atoms with van der Waals surface area (Å²) in [7, 11) is 1.55. The van der Waals surface area contributed by atoms with Crippen LogP contribution in [0.3, 0.4) is 0 Å². The second kappa shape index (κ2) is 2.36. The molecule has 0 aromatic rings. The second-order valence-corrected chi connectivity index (χ2v) is 3.60. The molecule has 11 heavy (non-hydrogen) atoms. The quantitative estimate of drug-likeness (QED) is 0.496. The van der Waals surface area contributed by atoms with Gasteiger partial charge in [0.15, 0.2) is 6.35 Å². The van der Waals surface area contributed by atoms with E-state index in [1.54, 1.807) is 20.9 Å². The number of hydrogen-bond acceptors (Lipinski definition) is 4. The fourth-order valence-corrected chi connectivity index (χ4v) is 1.33. The Hall–Kier alpha value is -0.260. The van der Waals surface area contributed by atoms with Crippen LogP contribution in [0.2, 0.25) is 0 Å². The van der Waals surface area contributed by atoms with Crippen molar-refractivity contribution in [3.63, 3.8) is 0 Å². The summed E-state index contributed by atoms with van der Waals surface area (Å²) in [6.45, 7) is 3.43. The fraction of sp³-hybridized carbons (Fsp3) is 0.833. The summed E-state index contributed by atoms with van der Waals surface area (Å²) in [4.78, 5) is 12.6. The van der Waals surface area contributed by atoms with Crippen LogP contribution in [0.25, 0.3) is 0 Å². The molecule has 1 saturated heterocycles. The van der Waals surface area contributed by atoms with Crippen molar-refractivity contribution in [2.24, 2.45) is 0 Å². The summed E-state index contributed by atoms with van der Waals surface area (Å²) in [5.74, 6) is -0.125. The van der Waals surface area contributed by atoms with Crippen molar-refractivity contribution in [2.75, 3.05) is 7.05 Å². The third-order valence-electron chi connectivity index (χ3n) is 1.98.